The number of oxime groups is 1. The van der Waals surface area contributed by atoms with Crippen LogP contribution in [0.4, 0.5) is 0 Å². The van der Waals surface area contributed by atoms with E-state index in [2.05, 4.69) is 17.4 Å². The maximum Gasteiger partial charge on any atom is 0.170 e. The number of benzene rings is 1. The van der Waals surface area contributed by atoms with Gasteiger partial charge in [-0.15, -0.1) is 0 Å². The molecule has 4 N–H and O–H groups in total. The van der Waals surface area contributed by atoms with Crippen molar-refractivity contribution in [2.75, 3.05) is 0 Å². The van der Waals surface area contributed by atoms with E-state index in [0.29, 0.717) is 6.04 Å². The van der Waals surface area contributed by atoms with Gasteiger partial charge in [-0.2, -0.15) is 0 Å². The first-order valence-electron chi connectivity index (χ1n) is 7.01. The lowest BCUT2D eigenvalue weighted by Gasteiger charge is -2.20. The summed E-state index contributed by atoms with van der Waals surface area (Å²) in [7, 11) is 0. The molecule has 0 saturated heterocycles. The highest BCUT2D eigenvalue weighted by atomic mass is 16.4. The van der Waals surface area contributed by atoms with Gasteiger partial charge in [-0.3, -0.25) is 0 Å². The van der Waals surface area contributed by atoms with Crippen molar-refractivity contribution < 1.29 is 5.21 Å². The second-order valence-corrected chi connectivity index (χ2v) is 5.40. The highest BCUT2D eigenvalue weighted by molar-refractivity contribution is 5.96. The van der Waals surface area contributed by atoms with Crippen LogP contribution in [0.3, 0.4) is 0 Å². The summed E-state index contributed by atoms with van der Waals surface area (Å²) in [4.78, 5) is 0. The fourth-order valence-electron chi connectivity index (χ4n) is 2.75. The molecule has 1 aromatic carbocycles. The first kappa shape index (κ1) is 13.9. The van der Waals surface area contributed by atoms with Gasteiger partial charge >= 0.3 is 0 Å². The molecule has 1 saturated carbocycles. The summed E-state index contributed by atoms with van der Waals surface area (Å²) in [5, 5.41) is 15.2. The van der Waals surface area contributed by atoms with Crippen LogP contribution in [0.5, 0.6) is 0 Å². The number of rotatable bonds is 5. The van der Waals surface area contributed by atoms with Gasteiger partial charge in [0.05, 0.1) is 0 Å². The first-order valence-corrected chi connectivity index (χ1v) is 7.01. The highest BCUT2D eigenvalue weighted by Crippen LogP contribution is 2.27. The molecule has 1 aromatic rings. The second-order valence-electron chi connectivity index (χ2n) is 5.40. The molecule has 0 aliphatic heterocycles. The summed E-state index contributed by atoms with van der Waals surface area (Å²) in [6.45, 7) is 3.15. The van der Waals surface area contributed by atoms with Gasteiger partial charge < -0.3 is 16.3 Å². The minimum absolute atomic E-state index is 0.152. The third-order valence-electron chi connectivity index (χ3n) is 4.09. The van der Waals surface area contributed by atoms with Crippen LogP contribution < -0.4 is 11.1 Å². The number of hydrogen-bond donors (Lipinski definition) is 3. The van der Waals surface area contributed by atoms with Gasteiger partial charge in [0, 0.05) is 18.2 Å². The number of hydrogen-bond acceptors (Lipinski definition) is 3. The predicted octanol–water partition coefficient (Wildman–Crippen LogP) is 2.45. The van der Waals surface area contributed by atoms with Crippen molar-refractivity contribution in [3.63, 3.8) is 0 Å². The van der Waals surface area contributed by atoms with E-state index in [1.54, 1.807) is 0 Å². The molecule has 0 bridgehead atoms. The molecule has 0 heterocycles. The number of amidine groups is 1. The molecule has 0 unspecified atom stereocenters. The smallest absolute Gasteiger partial charge is 0.170 e. The lowest BCUT2D eigenvalue weighted by atomic mass is 9.99. The van der Waals surface area contributed by atoms with E-state index in [-0.39, 0.29) is 5.84 Å². The molecule has 1 atom stereocenters. The van der Waals surface area contributed by atoms with E-state index in [0.717, 1.165) is 18.0 Å². The van der Waals surface area contributed by atoms with Crippen molar-refractivity contribution in [2.45, 2.75) is 45.2 Å². The van der Waals surface area contributed by atoms with Crippen molar-refractivity contribution in [3.05, 3.63) is 35.4 Å². The van der Waals surface area contributed by atoms with E-state index >= 15 is 0 Å². The van der Waals surface area contributed by atoms with E-state index < -0.39 is 0 Å². The molecule has 4 heteroatoms. The van der Waals surface area contributed by atoms with Gasteiger partial charge in [0.2, 0.25) is 0 Å². The Morgan fingerprint density at radius 2 is 2.00 bits per heavy atom. The van der Waals surface area contributed by atoms with Crippen LogP contribution in [-0.2, 0) is 6.54 Å². The van der Waals surface area contributed by atoms with Gasteiger partial charge in [0.1, 0.15) is 0 Å². The molecule has 1 aliphatic rings. The Balaban J connectivity index is 1.85. The molecule has 2 rings (SSSR count). The third-order valence-corrected chi connectivity index (χ3v) is 4.09. The minimum Gasteiger partial charge on any atom is -0.409 e. The van der Waals surface area contributed by atoms with Gasteiger partial charge in [-0.05, 0) is 31.2 Å². The highest BCUT2D eigenvalue weighted by Gasteiger charge is 2.20. The van der Waals surface area contributed by atoms with Crippen LogP contribution >= 0.6 is 0 Å². The van der Waals surface area contributed by atoms with Crippen LogP contribution in [0.15, 0.2) is 29.4 Å². The topological polar surface area (TPSA) is 70.6 Å². The molecular formula is C15H23N3O. The van der Waals surface area contributed by atoms with Gasteiger partial charge in [-0.25, -0.2) is 0 Å². The largest absolute Gasteiger partial charge is 0.409 e. The Kier molecular flexibility index (Phi) is 4.80. The SMILES string of the molecule is C[C@@H](NCc1ccc(/C(N)=N/O)cc1)C1CCCC1. The van der Waals surface area contributed by atoms with Gasteiger partial charge in [-0.1, -0.05) is 42.3 Å². The zero-order chi connectivity index (χ0) is 13.7. The van der Waals surface area contributed by atoms with Crippen LogP contribution in [0.1, 0.15) is 43.7 Å². The Morgan fingerprint density at radius 3 is 2.58 bits per heavy atom. The van der Waals surface area contributed by atoms with Crippen molar-refractivity contribution in [3.8, 4) is 0 Å². The monoisotopic (exact) mass is 261 g/mol. The molecule has 4 nitrogen and oxygen atoms in total. The molecule has 1 aliphatic carbocycles. The maximum absolute atomic E-state index is 8.61. The Labute approximate surface area is 114 Å². The van der Waals surface area contributed by atoms with Crippen molar-refractivity contribution in [1.29, 1.82) is 0 Å². The summed E-state index contributed by atoms with van der Waals surface area (Å²) in [6, 6.07) is 8.37. The quantitative estimate of drug-likeness (QED) is 0.330. The fraction of sp³-hybridized carbons (Fsp3) is 0.533. The normalized spacial score (nSPS) is 18.7. The van der Waals surface area contributed by atoms with E-state index in [9.17, 15) is 0 Å². The summed E-state index contributed by atoms with van der Waals surface area (Å²) in [5.74, 6) is 0.982. The molecule has 19 heavy (non-hydrogen) atoms. The van der Waals surface area contributed by atoms with Crippen LogP contribution in [0.2, 0.25) is 0 Å². The predicted molar refractivity (Wildman–Crippen MR) is 77.2 cm³/mol. The lowest BCUT2D eigenvalue weighted by molar-refractivity contribution is 0.318. The average Bonchev–Trinajstić information content (AvgIpc) is 2.98. The molecule has 0 aromatic heterocycles. The zero-order valence-electron chi connectivity index (χ0n) is 11.5. The fourth-order valence-corrected chi connectivity index (χ4v) is 2.75. The van der Waals surface area contributed by atoms with Gasteiger partial charge in [0.15, 0.2) is 5.84 Å². The van der Waals surface area contributed by atoms with E-state index in [1.807, 2.05) is 24.3 Å². The molecule has 0 radical (unpaired) electrons. The summed E-state index contributed by atoms with van der Waals surface area (Å²) >= 11 is 0. The summed E-state index contributed by atoms with van der Waals surface area (Å²) < 4.78 is 0. The second kappa shape index (κ2) is 6.57. The third kappa shape index (κ3) is 3.70. The van der Waals surface area contributed by atoms with Crippen molar-refractivity contribution in [2.24, 2.45) is 16.8 Å². The Morgan fingerprint density at radius 1 is 1.37 bits per heavy atom. The average molecular weight is 261 g/mol. The van der Waals surface area contributed by atoms with Crippen LogP contribution in [0.25, 0.3) is 0 Å². The number of nitrogens with zero attached hydrogens (tertiary/aromatic N) is 1. The zero-order valence-corrected chi connectivity index (χ0v) is 11.5. The Bertz CT molecular complexity index is 422. The molecule has 104 valence electrons. The maximum atomic E-state index is 8.61. The van der Waals surface area contributed by atoms with Crippen LogP contribution in [0, 0.1) is 5.92 Å². The van der Waals surface area contributed by atoms with Crippen LogP contribution in [-0.4, -0.2) is 17.1 Å². The molecule has 0 amide bonds. The molecule has 0 spiro atoms. The number of nitrogens with two attached hydrogens (primary N) is 1. The summed E-state index contributed by atoms with van der Waals surface area (Å²) in [5.41, 5.74) is 7.50. The Hall–Kier alpha value is -1.55. The standard InChI is InChI=1S/C15H23N3O/c1-11(13-4-2-3-5-13)17-10-12-6-8-14(9-7-12)15(16)18-19/h6-9,11,13,17,19H,2-5,10H2,1H3,(H2,16,18)/t11-/m1/s1. The van der Waals surface area contributed by atoms with Crippen molar-refractivity contribution >= 4 is 5.84 Å². The van der Waals surface area contributed by atoms with Crippen molar-refractivity contribution in [1.82, 2.24) is 5.32 Å². The lowest BCUT2D eigenvalue weighted by Crippen LogP contribution is -2.31. The summed E-state index contributed by atoms with van der Waals surface area (Å²) in [6.07, 6.45) is 5.48. The van der Waals surface area contributed by atoms with E-state index in [1.165, 1.54) is 31.2 Å². The van der Waals surface area contributed by atoms with E-state index in [4.69, 9.17) is 10.9 Å². The van der Waals surface area contributed by atoms with Gasteiger partial charge in [0.25, 0.3) is 0 Å². The first-order chi connectivity index (χ1) is 9.20. The minimum atomic E-state index is 0.152. The molecular weight excluding hydrogens is 238 g/mol. The number of nitrogens with one attached hydrogen (secondary N) is 1. The molecule has 1 fully saturated rings.